The molecule has 0 rings (SSSR count). The van der Waals surface area contributed by atoms with Gasteiger partial charge in [-0.2, -0.15) is 0 Å². The average molecular weight is 169 g/mol. The largest absolute Gasteiger partial charge is 3.00 e. The Hall–Kier alpha value is 1.83. The zero-order valence-electron chi connectivity index (χ0n) is 1.91. The molecule has 0 N–H and O–H groups in total. The second-order valence-electron chi connectivity index (χ2n) is 0. The molecule has 16 valence electrons. The quantitative estimate of drug-likeness (QED) is 0.316. The molecule has 0 heterocycles. The van der Waals surface area contributed by atoms with Crippen LogP contribution in [0, 0.1) is 0 Å². The second kappa shape index (κ2) is 21.1. The van der Waals surface area contributed by atoms with Gasteiger partial charge in [-0.3, -0.25) is 0 Å². The first-order chi connectivity index (χ1) is 0. The van der Waals surface area contributed by atoms with E-state index in [1.165, 1.54) is 0 Å². The molecule has 0 radical (unpaired) electrons. The first kappa shape index (κ1) is 40.5. The Morgan fingerprint density at radius 1 is 0.750 bits per heavy atom. The zero-order valence-corrected chi connectivity index (χ0v) is 6.56. The Kier molecular flexibility index (Phi) is 214. The maximum Gasteiger partial charge on any atom is 3.00 e. The number of rotatable bonds is 0. The van der Waals surface area contributed by atoms with Gasteiger partial charge in [-0.05, 0) is 0 Å². The van der Waals surface area contributed by atoms with E-state index >= 15 is 0 Å². The van der Waals surface area contributed by atoms with E-state index in [-0.39, 0.29) is 64.1 Å². The van der Waals surface area contributed by atoms with Crippen LogP contribution < -0.4 is 29.4 Å². The van der Waals surface area contributed by atoms with Crippen molar-refractivity contribution in [2.75, 3.05) is 0 Å². The van der Waals surface area contributed by atoms with E-state index in [0.29, 0.717) is 0 Å². The van der Waals surface area contributed by atoms with E-state index in [1.54, 1.807) is 0 Å². The summed E-state index contributed by atoms with van der Waals surface area (Å²) in [5.41, 5.74) is 0. The molecule has 0 spiro atoms. The molecule has 0 aromatic carbocycles. The predicted octanol–water partition coefficient (Wildman–Crippen LogP) is -6.75. The summed E-state index contributed by atoms with van der Waals surface area (Å²) in [5, 5.41) is 0. The predicted molar refractivity (Wildman–Crippen MR) is 11.5 cm³/mol. The van der Waals surface area contributed by atoms with Crippen LogP contribution in [0.4, 0.5) is 0 Å². The van der Waals surface area contributed by atoms with Gasteiger partial charge in [0.1, 0.15) is 0 Å². The van der Waals surface area contributed by atoms with Crippen molar-refractivity contribution in [1.29, 1.82) is 0 Å². The van der Waals surface area contributed by atoms with Crippen LogP contribution in [0.5, 0.6) is 0 Å². The van der Waals surface area contributed by atoms with Crippen LogP contribution >= 0.6 is 0 Å². The van der Waals surface area contributed by atoms with Crippen molar-refractivity contribution >= 4 is 34.7 Å². The smallest absolute Gasteiger partial charge is 1.00 e. The normalized spacial score (nSPS) is 0. The van der Waals surface area contributed by atoms with Gasteiger partial charge in [-0.15, -0.1) is 0 Å². The van der Waals surface area contributed by atoms with Gasteiger partial charge < -0.3 is 29.4 Å². The van der Waals surface area contributed by atoms with E-state index < -0.39 is 0 Å². The third-order valence-corrected chi connectivity index (χ3v) is 0. The molecule has 0 atom stereocenters. The van der Waals surface area contributed by atoms with Gasteiger partial charge in [0.2, 0.25) is 0 Å². The molecule has 0 aliphatic rings. The summed E-state index contributed by atoms with van der Waals surface area (Å²) in [6.45, 7) is 0. The fourth-order valence-corrected chi connectivity index (χ4v) is 0. The van der Waals surface area contributed by atoms with Crippen LogP contribution in [0.1, 0.15) is 0 Å². The molecule has 0 amide bonds. The standard InChI is InChI=1S/2Al.BrH.ClH/h;;2*1H/q2*+3;;/p-2. The van der Waals surface area contributed by atoms with Crippen molar-refractivity contribution in [3.63, 3.8) is 0 Å². The van der Waals surface area contributed by atoms with Crippen LogP contribution in [-0.4, -0.2) is 34.7 Å². The molecule has 0 aromatic heterocycles. The molecule has 0 fully saturated rings. The van der Waals surface area contributed by atoms with Crippen molar-refractivity contribution in [1.82, 2.24) is 0 Å². The first-order valence-electron chi connectivity index (χ1n) is 0. The minimum Gasteiger partial charge on any atom is -1.00 e. The van der Waals surface area contributed by atoms with Crippen LogP contribution in [-0.2, 0) is 0 Å². The van der Waals surface area contributed by atoms with E-state index in [0.717, 1.165) is 0 Å². The van der Waals surface area contributed by atoms with Crippen molar-refractivity contribution in [3.05, 3.63) is 0 Å². The monoisotopic (exact) mass is 168 g/mol. The summed E-state index contributed by atoms with van der Waals surface area (Å²) in [6.07, 6.45) is 0. The molecule has 0 unspecified atom stereocenters. The second-order valence-corrected chi connectivity index (χ2v) is 0. The van der Waals surface area contributed by atoms with Crippen LogP contribution in [0.2, 0.25) is 0 Å². The number of halogens is 2. The molecule has 0 aliphatic carbocycles. The summed E-state index contributed by atoms with van der Waals surface area (Å²) in [6, 6.07) is 0. The summed E-state index contributed by atoms with van der Waals surface area (Å²) in [5.74, 6) is 0. The van der Waals surface area contributed by atoms with E-state index in [4.69, 9.17) is 0 Å². The van der Waals surface area contributed by atoms with E-state index in [2.05, 4.69) is 0 Å². The average Bonchev–Trinajstić information content (AvgIpc) is 0. The SMILES string of the molecule is [Al+3].[Al+3].[Br-].[Cl-]. The molecule has 0 nitrogen and oxygen atoms in total. The summed E-state index contributed by atoms with van der Waals surface area (Å²) < 4.78 is 0. The molecule has 0 aromatic rings. The first-order valence-corrected chi connectivity index (χ1v) is 0. The van der Waals surface area contributed by atoms with Gasteiger partial charge >= 0.3 is 34.7 Å². The Balaban J connectivity index is 0. The molecule has 0 saturated carbocycles. The molecule has 0 bridgehead atoms. The Morgan fingerprint density at radius 3 is 0.750 bits per heavy atom. The molecule has 4 heavy (non-hydrogen) atoms. The van der Waals surface area contributed by atoms with E-state index in [9.17, 15) is 0 Å². The zero-order chi connectivity index (χ0) is 0. The maximum absolute atomic E-state index is 0. The fourth-order valence-electron chi connectivity index (χ4n) is 0. The van der Waals surface area contributed by atoms with Gasteiger partial charge in [0.15, 0.2) is 0 Å². The van der Waals surface area contributed by atoms with Crippen molar-refractivity contribution in [2.24, 2.45) is 0 Å². The van der Waals surface area contributed by atoms with Crippen LogP contribution in [0.3, 0.4) is 0 Å². The minimum atomic E-state index is 0. The van der Waals surface area contributed by atoms with Gasteiger partial charge in [0.05, 0.1) is 0 Å². The van der Waals surface area contributed by atoms with Gasteiger partial charge in [0, 0.05) is 0 Å². The Labute approximate surface area is 63.8 Å². The van der Waals surface area contributed by atoms with Gasteiger partial charge in [-0.1, -0.05) is 0 Å². The number of hydrogen-bond acceptors (Lipinski definition) is 0. The van der Waals surface area contributed by atoms with Crippen molar-refractivity contribution < 1.29 is 29.4 Å². The summed E-state index contributed by atoms with van der Waals surface area (Å²) in [7, 11) is 0. The summed E-state index contributed by atoms with van der Waals surface area (Å²) in [4.78, 5) is 0. The molecule has 0 aliphatic heterocycles. The van der Waals surface area contributed by atoms with Crippen LogP contribution in [0.15, 0.2) is 0 Å². The maximum atomic E-state index is 0. The fraction of sp³-hybridized carbons (Fsp3) is 0. The molecule has 4 heteroatoms. The van der Waals surface area contributed by atoms with Crippen molar-refractivity contribution in [3.8, 4) is 0 Å². The molecular weight excluding hydrogens is 169 g/mol. The Bertz CT molecular complexity index is 6.00. The van der Waals surface area contributed by atoms with Crippen LogP contribution in [0.25, 0.3) is 0 Å². The van der Waals surface area contributed by atoms with Gasteiger partial charge in [0.25, 0.3) is 0 Å². The molecule has 0 saturated heterocycles. The van der Waals surface area contributed by atoms with Crippen molar-refractivity contribution in [2.45, 2.75) is 0 Å². The Morgan fingerprint density at radius 2 is 0.750 bits per heavy atom. The molecular formula is Al2BrCl+4. The van der Waals surface area contributed by atoms with E-state index in [1.807, 2.05) is 0 Å². The third kappa shape index (κ3) is 9.15. The minimum absolute atomic E-state index is 0. The van der Waals surface area contributed by atoms with Gasteiger partial charge in [-0.25, -0.2) is 0 Å². The topological polar surface area (TPSA) is 0 Å². The third-order valence-electron chi connectivity index (χ3n) is 0. The summed E-state index contributed by atoms with van der Waals surface area (Å²) >= 11 is 0. The number of hydrogen-bond donors (Lipinski definition) is 0.